The van der Waals surface area contributed by atoms with Crippen molar-refractivity contribution in [2.45, 2.75) is 32.0 Å². The number of nitrogens with zero attached hydrogens (tertiary/aromatic N) is 2. The van der Waals surface area contributed by atoms with E-state index in [1.54, 1.807) is 0 Å². The first-order valence-electron chi connectivity index (χ1n) is 9.21. The van der Waals surface area contributed by atoms with Crippen LogP contribution in [0, 0.1) is 0 Å². The number of pyridine rings is 1. The van der Waals surface area contributed by atoms with Crippen molar-refractivity contribution in [3.05, 3.63) is 52.8 Å². The molecule has 0 aliphatic carbocycles. The van der Waals surface area contributed by atoms with E-state index in [1.807, 2.05) is 13.1 Å². The molecule has 0 saturated heterocycles. The lowest BCUT2D eigenvalue weighted by Crippen LogP contribution is -2.40. The number of amides is 1. The summed E-state index contributed by atoms with van der Waals surface area (Å²) in [7, 11) is 3.14. The highest BCUT2D eigenvalue weighted by Crippen LogP contribution is 2.33. The summed E-state index contributed by atoms with van der Waals surface area (Å²) in [4.78, 5) is 30.9. The minimum Gasteiger partial charge on any atom is -0.496 e. The second-order valence-corrected chi connectivity index (χ2v) is 7.98. The van der Waals surface area contributed by atoms with Gasteiger partial charge < -0.3 is 15.0 Å². The molecule has 2 aromatic rings. The van der Waals surface area contributed by atoms with Crippen LogP contribution in [0.3, 0.4) is 0 Å². The van der Waals surface area contributed by atoms with E-state index in [9.17, 15) is 22.8 Å². The van der Waals surface area contributed by atoms with Gasteiger partial charge in [0.05, 0.1) is 30.3 Å². The number of halogens is 3. The number of methoxy groups -OCH3 is 1. The maximum absolute atomic E-state index is 12.9. The third-order valence-corrected chi connectivity index (χ3v) is 4.93. The Balaban J connectivity index is 1.88. The number of anilines is 1. The largest absolute Gasteiger partial charge is 0.496 e. The Labute approximate surface area is 172 Å². The number of Topliss-reactive ketones (excluding diaryl/α,β-unsaturated/α-hetero) is 1. The van der Waals surface area contributed by atoms with E-state index >= 15 is 0 Å². The number of ether oxygens (including phenoxy) is 1. The van der Waals surface area contributed by atoms with Gasteiger partial charge >= 0.3 is 6.18 Å². The maximum atomic E-state index is 12.9. The summed E-state index contributed by atoms with van der Waals surface area (Å²) in [5.41, 5.74) is 1.37. The van der Waals surface area contributed by atoms with E-state index in [2.05, 4.69) is 29.0 Å². The first-order valence-corrected chi connectivity index (χ1v) is 9.21. The number of likely N-dealkylation sites (N-methyl/N-ethyl adjacent to an activating group) is 1. The molecule has 0 unspecified atom stereocenters. The molecule has 0 bridgehead atoms. The summed E-state index contributed by atoms with van der Waals surface area (Å²) in [6.45, 7) is 5.69. The Kier molecular flexibility index (Phi) is 5.60. The van der Waals surface area contributed by atoms with Crippen molar-refractivity contribution in [2.75, 3.05) is 26.0 Å². The van der Waals surface area contributed by atoms with Crippen molar-refractivity contribution >= 4 is 17.4 Å². The average molecular weight is 421 g/mol. The monoisotopic (exact) mass is 421 g/mol. The molecule has 1 aromatic carbocycles. The highest BCUT2D eigenvalue weighted by molar-refractivity contribution is 6.08. The Morgan fingerprint density at radius 2 is 1.93 bits per heavy atom. The number of hydrogen-bond acceptors (Lipinski definition) is 5. The molecule has 1 aliphatic heterocycles. The third-order valence-electron chi connectivity index (χ3n) is 4.93. The van der Waals surface area contributed by atoms with Crippen molar-refractivity contribution in [1.29, 1.82) is 0 Å². The van der Waals surface area contributed by atoms with Crippen molar-refractivity contribution < 1.29 is 27.5 Å². The molecule has 0 radical (unpaired) electrons. The molecule has 2 heterocycles. The molecule has 0 atom stereocenters. The van der Waals surface area contributed by atoms with Gasteiger partial charge in [-0.25, -0.2) is 0 Å². The lowest BCUT2D eigenvalue weighted by atomic mass is 9.82. The third kappa shape index (κ3) is 4.30. The molecule has 3 rings (SSSR count). The summed E-state index contributed by atoms with van der Waals surface area (Å²) in [5.74, 6) is -2.98. The Morgan fingerprint density at radius 1 is 1.23 bits per heavy atom. The number of rotatable bonds is 4. The quantitative estimate of drug-likeness (QED) is 0.761. The van der Waals surface area contributed by atoms with E-state index in [-0.39, 0.29) is 16.7 Å². The lowest BCUT2D eigenvalue weighted by molar-refractivity contribution is -0.0886. The fourth-order valence-electron chi connectivity index (χ4n) is 3.79. The SMILES string of the molecule is COc1ccc(C(=O)Nc2cnc3c(c2)CN(C)CC3(C)C)cc1C(=O)C(F)(F)F. The Morgan fingerprint density at radius 3 is 2.57 bits per heavy atom. The molecule has 1 aliphatic rings. The molecule has 1 N–H and O–H groups in total. The molecule has 1 amide bonds. The van der Waals surface area contributed by atoms with Gasteiger partial charge in [0, 0.05) is 24.1 Å². The van der Waals surface area contributed by atoms with E-state index in [0.29, 0.717) is 12.2 Å². The van der Waals surface area contributed by atoms with Gasteiger partial charge in [-0.3, -0.25) is 14.6 Å². The zero-order valence-corrected chi connectivity index (χ0v) is 17.1. The summed E-state index contributed by atoms with van der Waals surface area (Å²) in [6, 6.07) is 5.15. The van der Waals surface area contributed by atoms with Gasteiger partial charge in [-0.05, 0) is 36.9 Å². The van der Waals surface area contributed by atoms with Crippen LogP contribution >= 0.6 is 0 Å². The second-order valence-electron chi connectivity index (χ2n) is 7.98. The number of alkyl halides is 3. The van der Waals surface area contributed by atoms with Gasteiger partial charge in [-0.2, -0.15) is 13.2 Å². The van der Waals surface area contributed by atoms with Crippen LogP contribution in [-0.4, -0.2) is 48.5 Å². The maximum Gasteiger partial charge on any atom is 0.455 e. The number of fused-ring (bicyclic) bond motifs is 1. The summed E-state index contributed by atoms with van der Waals surface area (Å²) in [5, 5.41) is 2.64. The molecular formula is C21H22F3N3O3. The van der Waals surface area contributed by atoms with Crippen molar-refractivity contribution in [3.8, 4) is 5.75 Å². The van der Waals surface area contributed by atoms with E-state index < -0.39 is 23.4 Å². The van der Waals surface area contributed by atoms with Gasteiger partial charge in [-0.1, -0.05) is 13.8 Å². The predicted octanol–water partition coefficient (Wildman–Crippen LogP) is 3.81. The molecule has 30 heavy (non-hydrogen) atoms. The fraction of sp³-hybridized carbons (Fsp3) is 0.381. The smallest absolute Gasteiger partial charge is 0.455 e. The molecule has 0 spiro atoms. The molecule has 1 aromatic heterocycles. The molecule has 6 nitrogen and oxygen atoms in total. The number of benzene rings is 1. The zero-order chi connectivity index (χ0) is 22.3. The van der Waals surface area contributed by atoms with Crippen LogP contribution in [-0.2, 0) is 12.0 Å². The number of ketones is 1. The number of aromatic nitrogens is 1. The van der Waals surface area contributed by atoms with Gasteiger partial charge in [0.1, 0.15) is 5.75 Å². The number of carbonyl (C=O) groups is 2. The standard InChI is InChI=1S/C21H22F3N3O3/c1-20(2)11-27(3)10-13-7-14(9-25-17(13)20)26-19(29)12-5-6-16(30-4)15(8-12)18(28)21(22,23)24/h5-9H,10-11H2,1-4H3,(H,26,29). The number of nitrogens with one attached hydrogen (secondary N) is 1. The van der Waals surface area contributed by atoms with Crippen LogP contribution in [0.1, 0.15) is 45.8 Å². The molecule has 160 valence electrons. The van der Waals surface area contributed by atoms with Gasteiger partial charge in [-0.15, -0.1) is 0 Å². The first kappa shape index (κ1) is 21.8. The Hall–Kier alpha value is -2.94. The Bertz CT molecular complexity index is 1000. The number of hydrogen-bond donors (Lipinski definition) is 1. The molecule has 0 saturated carbocycles. The normalized spacial score (nSPS) is 16.0. The van der Waals surface area contributed by atoms with Gasteiger partial charge in [0.2, 0.25) is 0 Å². The van der Waals surface area contributed by atoms with Crippen molar-refractivity contribution in [1.82, 2.24) is 9.88 Å². The topological polar surface area (TPSA) is 71.5 Å². The second kappa shape index (κ2) is 7.71. The van der Waals surface area contributed by atoms with Crippen molar-refractivity contribution in [2.24, 2.45) is 0 Å². The minimum atomic E-state index is -5.08. The molecular weight excluding hydrogens is 399 g/mol. The highest BCUT2D eigenvalue weighted by atomic mass is 19.4. The summed E-state index contributed by atoms with van der Waals surface area (Å²) < 4.78 is 43.4. The van der Waals surface area contributed by atoms with Gasteiger partial charge in [0.15, 0.2) is 0 Å². The van der Waals surface area contributed by atoms with Crippen LogP contribution < -0.4 is 10.1 Å². The molecule has 0 fully saturated rings. The zero-order valence-electron chi connectivity index (χ0n) is 17.1. The van der Waals surface area contributed by atoms with E-state index in [1.165, 1.54) is 12.3 Å². The lowest BCUT2D eigenvalue weighted by Gasteiger charge is -2.37. The van der Waals surface area contributed by atoms with Crippen LogP contribution in [0.15, 0.2) is 30.5 Å². The van der Waals surface area contributed by atoms with Crippen molar-refractivity contribution in [3.63, 3.8) is 0 Å². The minimum absolute atomic E-state index is 0.0985. The van der Waals surface area contributed by atoms with Gasteiger partial charge in [0.25, 0.3) is 11.7 Å². The van der Waals surface area contributed by atoms with E-state index in [0.717, 1.165) is 37.0 Å². The fourth-order valence-corrected chi connectivity index (χ4v) is 3.79. The van der Waals surface area contributed by atoms with Crippen LogP contribution in [0.5, 0.6) is 5.75 Å². The number of carbonyl (C=O) groups excluding carboxylic acids is 2. The van der Waals surface area contributed by atoms with Crippen LogP contribution in [0.2, 0.25) is 0 Å². The first-order chi connectivity index (χ1) is 13.9. The average Bonchev–Trinajstić information content (AvgIpc) is 2.65. The highest BCUT2D eigenvalue weighted by Gasteiger charge is 2.41. The summed E-state index contributed by atoms with van der Waals surface area (Å²) in [6.07, 6.45) is -3.56. The summed E-state index contributed by atoms with van der Waals surface area (Å²) >= 11 is 0. The van der Waals surface area contributed by atoms with E-state index in [4.69, 9.17) is 4.74 Å². The van der Waals surface area contributed by atoms with Crippen LogP contribution in [0.25, 0.3) is 0 Å². The van der Waals surface area contributed by atoms with Crippen LogP contribution in [0.4, 0.5) is 18.9 Å². The predicted molar refractivity (Wildman–Crippen MR) is 105 cm³/mol. The molecule has 9 heteroatoms.